The molecule has 6 heterocycles. The molecule has 0 amide bonds. The first-order valence-electron chi connectivity index (χ1n) is 21.1. The third-order valence-corrected chi connectivity index (χ3v) is 11.7. The van der Waals surface area contributed by atoms with Crippen molar-refractivity contribution >= 4 is 22.1 Å². The number of methoxy groups -OCH3 is 2. The molecule has 6 aromatic rings. The van der Waals surface area contributed by atoms with Gasteiger partial charge in [0.05, 0.1) is 48.7 Å². The first-order valence-corrected chi connectivity index (χ1v) is 21.1. The van der Waals surface area contributed by atoms with Crippen LogP contribution in [-0.2, 0) is 26.2 Å². The Bertz CT molecular complexity index is 2250. The lowest BCUT2D eigenvalue weighted by Gasteiger charge is -2.32. The number of ether oxygens (including phenoxy) is 2. The fraction of sp³-hybridized carbons (Fsp3) is 0.435. The lowest BCUT2D eigenvalue weighted by atomic mass is 10.0. The van der Waals surface area contributed by atoms with Crippen LogP contribution in [-0.4, -0.2) is 104 Å². The molecule has 0 saturated carbocycles. The maximum atomic E-state index is 12.4. The van der Waals surface area contributed by atoms with E-state index in [2.05, 4.69) is 64.6 Å². The van der Waals surface area contributed by atoms with Crippen molar-refractivity contribution in [2.24, 2.45) is 0 Å². The largest absolute Gasteiger partial charge is 0.497 e. The van der Waals surface area contributed by atoms with Gasteiger partial charge in [0, 0.05) is 87.3 Å². The van der Waals surface area contributed by atoms with E-state index in [0.717, 1.165) is 123 Å². The zero-order chi connectivity index (χ0) is 41.8. The van der Waals surface area contributed by atoms with Gasteiger partial charge in [0.15, 0.2) is 0 Å². The molecule has 2 aliphatic heterocycles. The number of aromatic nitrogens is 6. The topological polar surface area (TPSA) is 145 Å². The highest BCUT2D eigenvalue weighted by atomic mass is 16.5. The molecule has 2 aromatic carbocycles. The van der Waals surface area contributed by atoms with Gasteiger partial charge in [-0.15, -0.1) is 0 Å². The van der Waals surface area contributed by atoms with Gasteiger partial charge in [-0.25, -0.2) is 9.97 Å². The molecule has 0 unspecified atom stereocenters. The SMILES string of the molecule is COc1ccc2ncc(=O)n(CCN3CCC(NCc4ccc(C)nc4)CC3)c2c1.COc1ccc2ncc(=O)n(CCN3CCC(NCc4ccc(C)nc4)CC3)c2c1. The minimum atomic E-state index is -0.0704. The van der Waals surface area contributed by atoms with E-state index < -0.39 is 0 Å². The second kappa shape index (κ2) is 20.6. The number of hydrogen-bond donors (Lipinski definition) is 2. The number of likely N-dealkylation sites (tertiary alicyclic amines) is 2. The van der Waals surface area contributed by atoms with Crippen molar-refractivity contribution in [2.45, 2.75) is 77.8 Å². The lowest BCUT2D eigenvalue weighted by Crippen LogP contribution is -2.43. The number of hydrogen-bond acceptors (Lipinski definition) is 12. The first kappa shape index (κ1) is 42.6. The third-order valence-electron chi connectivity index (χ3n) is 11.7. The van der Waals surface area contributed by atoms with Crippen molar-refractivity contribution in [3.8, 4) is 11.5 Å². The van der Waals surface area contributed by atoms with Crippen LogP contribution in [0, 0.1) is 13.8 Å². The smallest absolute Gasteiger partial charge is 0.269 e. The van der Waals surface area contributed by atoms with Crippen molar-refractivity contribution in [3.05, 3.63) is 129 Å². The Morgan fingerprint density at radius 2 is 0.967 bits per heavy atom. The van der Waals surface area contributed by atoms with E-state index in [1.54, 1.807) is 23.4 Å². The molecule has 14 heteroatoms. The normalized spacial score (nSPS) is 15.5. The standard InChI is InChI=1S/2C23H29N5O2/c2*1-17-3-4-18(14-24-17)15-25-19-7-9-27(10-8-19)11-12-28-22-13-20(30-2)5-6-21(22)26-16-23(28)29/h2*3-6,13-14,16,19,25H,7-12,15H2,1-2H3. The zero-order valence-electron chi connectivity index (χ0n) is 35.3. The van der Waals surface area contributed by atoms with Gasteiger partial charge in [-0.2, -0.15) is 0 Å². The fourth-order valence-corrected chi connectivity index (χ4v) is 7.93. The van der Waals surface area contributed by atoms with Crippen LogP contribution in [0.1, 0.15) is 48.2 Å². The van der Waals surface area contributed by atoms with E-state index in [-0.39, 0.29) is 11.1 Å². The average molecular weight is 815 g/mol. The van der Waals surface area contributed by atoms with Crippen molar-refractivity contribution in [2.75, 3.05) is 53.5 Å². The van der Waals surface area contributed by atoms with Gasteiger partial charge in [-0.1, -0.05) is 12.1 Å². The molecule has 2 fully saturated rings. The fourth-order valence-electron chi connectivity index (χ4n) is 7.93. The zero-order valence-corrected chi connectivity index (χ0v) is 35.3. The number of fused-ring (bicyclic) bond motifs is 2. The van der Waals surface area contributed by atoms with Crippen LogP contribution in [0.5, 0.6) is 11.5 Å². The van der Waals surface area contributed by atoms with E-state index >= 15 is 0 Å². The maximum absolute atomic E-state index is 12.4. The molecule has 0 radical (unpaired) electrons. The van der Waals surface area contributed by atoms with Crippen LogP contribution in [0.2, 0.25) is 0 Å². The molecule has 0 bridgehead atoms. The third kappa shape index (κ3) is 11.4. The van der Waals surface area contributed by atoms with Crippen LogP contribution >= 0.6 is 0 Å². The summed E-state index contributed by atoms with van der Waals surface area (Å²) in [6.45, 7) is 12.9. The van der Waals surface area contributed by atoms with Gasteiger partial charge in [0.2, 0.25) is 0 Å². The van der Waals surface area contributed by atoms with Gasteiger partial charge >= 0.3 is 0 Å². The number of pyridine rings is 2. The summed E-state index contributed by atoms with van der Waals surface area (Å²) in [7, 11) is 3.26. The van der Waals surface area contributed by atoms with E-state index in [4.69, 9.17) is 9.47 Å². The Morgan fingerprint density at radius 1 is 0.550 bits per heavy atom. The van der Waals surface area contributed by atoms with Gasteiger partial charge in [0.1, 0.15) is 11.5 Å². The van der Waals surface area contributed by atoms with Crippen LogP contribution in [0.4, 0.5) is 0 Å². The summed E-state index contributed by atoms with van der Waals surface area (Å²) in [6.07, 6.45) is 11.2. The van der Waals surface area contributed by atoms with Crippen molar-refractivity contribution in [3.63, 3.8) is 0 Å². The van der Waals surface area contributed by atoms with Crippen molar-refractivity contribution < 1.29 is 9.47 Å². The summed E-state index contributed by atoms with van der Waals surface area (Å²) in [4.78, 5) is 47.0. The molecule has 4 aromatic heterocycles. The number of nitrogens with one attached hydrogen (secondary N) is 2. The number of piperidine rings is 2. The van der Waals surface area contributed by atoms with Gasteiger partial charge in [-0.3, -0.25) is 19.6 Å². The van der Waals surface area contributed by atoms with Gasteiger partial charge < -0.3 is 39.0 Å². The number of rotatable bonds is 14. The second-order valence-electron chi connectivity index (χ2n) is 15.8. The summed E-state index contributed by atoms with van der Waals surface area (Å²) < 4.78 is 14.2. The van der Waals surface area contributed by atoms with Crippen LogP contribution in [0.25, 0.3) is 22.1 Å². The Kier molecular flexibility index (Phi) is 14.6. The number of aryl methyl sites for hydroxylation is 2. The summed E-state index contributed by atoms with van der Waals surface area (Å²) in [5.41, 5.74) is 7.67. The highest BCUT2D eigenvalue weighted by Gasteiger charge is 2.21. The number of benzene rings is 2. The molecule has 2 N–H and O–H groups in total. The maximum Gasteiger partial charge on any atom is 0.269 e. The molecule has 0 atom stereocenters. The Morgan fingerprint density at radius 3 is 1.33 bits per heavy atom. The van der Waals surface area contributed by atoms with Crippen LogP contribution < -0.4 is 31.2 Å². The lowest BCUT2D eigenvalue weighted by molar-refractivity contribution is 0.191. The van der Waals surface area contributed by atoms with E-state index in [1.807, 2.05) is 62.6 Å². The molecule has 316 valence electrons. The number of nitrogens with zero attached hydrogens (tertiary/aromatic N) is 8. The van der Waals surface area contributed by atoms with E-state index in [9.17, 15) is 9.59 Å². The molecule has 0 spiro atoms. The Labute approximate surface area is 351 Å². The molecule has 14 nitrogen and oxygen atoms in total. The van der Waals surface area contributed by atoms with E-state index in [0.29, 0.717) is 25.2 Å². The molecule has 2 saturated heterocycles. The molecular formula is C46H58N10O4. The first-order chi connectivity index (χ1) is 29.2. The second-order valence-corrected chi connectivity index (χ2v) is 15.8. The Hall–Kier alpha value is -5.54. The summed E-state index contributed by atoms with van der Waals surface area (Å²) in [5.74, 6) is 1.47. The summed E-state index contributed by atoms with van der Waals surface area (Å²) in [5, 5.41) is 7.31. The molecule has 8 rings (SSSR count). The van der Waals surface area contributed by atoms with Crippen LogP contribution in [0.3, 0.4) is 0 Å². The van der Waals surface area contributed by atoms with Gasteiger partial charge in [0.25, 0.3) is 11.1 Å². The molecule has 0 aliphatic carbocycles. The van der Waals surface area contributed by atoms with Gasteiger partial charge in [-0.05, 0) is 113 Å². The minimum Gasteiger partial charge on any atom is -0.497 e. The highest BCUT2D eigenvalue weighted by Crippen LogP contribution is 2.20. The summed E-state index contributed by atoms with van der Waals surface area (Å²) in [6, 6.07) is 20.7. The molecule has 2 aliphatic rings. The summed E-state index contributed by atoms with van der Waals surface area (Å²) >= 11 is 0. The minimum absolute atomic E-state index is 0.0704. The predicted octanol–water partition coefficient (Wildman–Crippen LogP) is 4.73. The Balaban J connectivity index is 0.000000181. The predicted molar refractivity (Wildman–Crippen MR) is 236 cm³/mol. The van der Waals surface area contributed by atoms with E-state index in [1.165, 1.54) is 23.5 Å². The quantitative estimate of drug-likeness (QED) is 0.157. The molecular weight excluding hydrogens is 757 g/mol. The van der Waals surface area contributed by atoms with Crippen molar-refractivity contribution in [1.82, 2.24) is 49.5 Å². The monoisotopic (exact) mass is 814 g/mol. The average Bonchev–Trinajstić information content (AvgIpc) is 3.28. The highest BCUT2D eigenvalue weighted by molar-refractivity contribution is 5.77. The molecule has 60 heavy (non-hydrogen) atoms. The van der Waals surface area contributed by atoms with Crippen molar-refractivity contribution in [1.29, 1.82) is 0 Å². The van der Waals surface area contributed by atoms with Crippen LogP contribution in [0.15, 0.2) is 95.0 Å².